The lowest BCUT2D eigenvalue weighted by Gasteiger charge is -2.22. The molecule has 1 atom stereocenters. The maximum absolute atomic E-state index is 14.0. The van der Waals surface area contributed by atoms with Crippen LogP contribution in [0.5, 0.6) is 0 Å². The molecular formula is C21H16ClF4N3O3. The van der Waals surface area contributed by atoms with E-state index in [4.69, 9.17) is 16.7 Å². The molecule has 3 aromatic rings. The van der Waals surface area contributed by atoms with Gasteiger partial charge in [-0.25, -0.2) is 13.9 Å². The van der Waals surface area contributed by atoms with E-state index in [0.717, 1.165) is 27.8 Å². The number of rotatable bonds is 5. The number of carbonyl (C=O) groups is 2. The first-order valence-electron chi connectivity index (χ1n) is 9.13. The highest BCUT2D eigenvalue weighted by atomic mass is 35.5. The number of likely N-dealkylation sites (N-methyl/N-ethyl adjacent to an activating group) is 1. The van der Waals surface area contributed by atoms with E-state index in [1.54, 1.807) is 0 Å². The Morgan fingerprint density at radius 3 is 2.41 bits per heavy atom. The molecule has 6 nitrogen and oxygen atoms in total. The standard InChI is InChI=1S/C21H16ClF4N3O3/c1-11(12-6-7-15(20(31)32)16(23)8-12)19(30)28(2)18-10-17(21(24,25)26)27-29(18)14-5-3-4-13(22)9-14/h3-11H,1-2H3,(H,31,32). The molecule has 0 bridgehead atoms. The summed E-state index contributed by atoms with van der Waals surface area (Å²) in [4.78, 5) is 25.0. The molecular weight excluding hydrogens is 454 g/mol. The van der Waals surface area contributed by atoms with Crippen molar-refractivity contribution >= 4 is 29.3 Å². The molecule has 1 unspecified atom stereocenters. The second-order valence-corrected chi connectivity index (χ2v) is 7.38. The first kappa shape index (κ1) is 23.3. The monoisotopic (exact) mass is 469 g/mol. The van der Waals surface area contributed by atoms with Crippen LogP contribution in [0, 0.1) is 5.82 Å². The number of nitrogens with zero attached hydrogens (tertiary/aromatic N) is 3. The third-order valence-electron chi connectivity index (χ3n) is 4.80. The lowest BCUT2D eigenvalue weighted by Crippen LogP contribution is -2.32. The van der Waals surface area contributed by atoms with Crippen LogP contribution in [0.2, 0.25) is 5.02 Å². The van der Waals surface area contributed by atoms with Crippen molar-refractivity contribution in [3.63, 3.8) is 0 Å². The maximum Gasteiger partial charge on any atom is 0.435 e. The van der Waals surface area contributed by atoms with Crippen molar-refractivity contribution in [3.05, 3.63) is 76.2 Å². The molecule has 1 aromatic heterocycles. The van der Waals surface area contributed by atoms with Gasteiger partial charge < -0.3 is 5.11 Å². The highest BCUT2D eigenvalue weighted by Crippen LogP contribution is 2.33. The van der Waals surface area contributed by atoms with Gasteiger partial charge in [0.15, 0.2) is 5.69 Å². The summed E-state index contributed by atoms with van der Waals surface area (Å²) in [5, 5.41) is 12.8. The van der Waals surface area contributed by atoms with Gasteiger partial charge in [0.1, 0.15) is 11.6 Å². The molecule has 0 saturated carbocycles. The van der Waals surface area contributed by atoms with Gasteiger partial charge in [0.05, 0.1) is 17.2 Å². The fraction of sp³-hybridized carbons (Fsp3) is 0.190. The van der Waals surface area contributed by atoms with Gasteiger partial charge in [0.25, 0.3) is 0 Å². The predicted molar refractivity (Wildman–Crippen MR) is 109 cm³/mol. The van der Waals surface area contributed by atoms with Crippen LogP contribution in [0.4, 0.5) is 23.4 Å². The van der Waals surface area contributed by atoms with Crippen molar-refractivity contribution in [1.29, 1.82) is 0 Å². The molecule has 2 aromatic carbocycles. The Labute approximate surface area is 184 Å². The molecule has 3 rings (SSSR count). The van der Waals surface area contributed by atoms with Crippen molar-refractivity contribution in [3.8, 4) is 5.69 Å². The number of carboxylic acids is 1. The molecule has 0 radical (unpaired) electrons. The second-order valence-electron chi connectivity index (χ2n) is 6.94. The van der Waals surface area contributed by atoms with Crippen molar-refractivity contribution in [2.45, 2.75) is 19.0 Å². The summed E-state index contributed by atoms with van der Waals surface area (Å²) in [7, 11) is 1.26. The Balaban J connectivity index is 2.01. The third-order valence-corrected chi connectivity index (χ3v) is 5.04. The maximum atomic E-state index is 14.0. The number of aromatic nitrogens is 2. The Hall–Kier alpha value is -3.40. The zero-order valence-corrected chi connectivity index (χ0v) is 17.4. The Bertz CT molecular complexity index is 1190. The number of anilines is 1. The lowest BCUT2D eigenvalue weighted by atomic mass is 9.98. The van der Waals surface area contributed by atoms with Crippen LogP contribution < -0.4 is 4.90 Å². The molecule has 0 fully saturated rings. The molecule has 11 heteroatoms. The summed E-state index contributed by atoms with van der Waals surface area (Å²) in [6.45, 7) is 1.43. The van der Waals surface area contributed by atoms with Crippen molar-refractivity contribution in [2.24, 2.45) is 0 Å². The third kappa shape index (κ3) is 4.59. The number of alkyl halides is 3. The molecule has 0 aliphatic heterocycles. The van der Waals surface area contributed by atoms with E-state index in [-0.39, 0.29) is 22.1 Å². The van der Waals surface area contributed by atoms with Gasteiger partial charge in [-0.1, -0.05) is 23.7 Å². The minimum absolute atomic E-state index is 0.161. The molecule has 32 heavy (non-hydrogen) atoms. The molecule has 1 N–H and O–H groups in total. The quantitative estimate of drug-likeness (QED) is 0.524. The second kappa shape index (κ2) is 8.62. The Kier molecular flexibility index (Phi) is 6.27. The average Bonchev–Trinajstić information content (AvgIpc) is 3.18. The van der Waals surface area contributed by atoms with E-state index in [1.807, 2.05) is 0 Å². The fourth-order valence-electron chi connectivity index (χ4n) is 3.07. The molecule has 0 saturated heterocycles. The number of hydrogen-bond acceptors (Lipinski definition) is 3. The van der Waals surface area contributed by atoms with E-state index in [9.17, 15) is 27.2 Å². The van der Waals surface area contributed by atoms with Crippen LogP contribution in [-0.2, 0) is 11.0 Å². The SMILES string of the molecule is CC(C(=O)N(C)c1cc(C(F)(F)F)nn1-c1cccc(Cl)c1)c1ccc(C(=O)O)c(F)c1. The highest BCUT2D eigenvalue weighted by Gasteiger charge is 2.36. The molecule has 0 spiro atoms. The van der Waals surface area contributed by atoms with Crippen molar-refractivity contribution < 1.29 is 32.3 Å². The summed E-state index contributed by atoms with van der Waals surface area (Å²) in [6.07, 6.45) is -4.76. The summed E-state index contributed by atoms with van der Waals surface area (Å²) < 4.78 is 54.9. The average molecular weight is 470 g/mol. The smallest absolute Gasteiger partial charge is 0.435 e. The zero-order chi connectivity index (χ0) is 23.8. The molecule has 1 amide bonds. The number of carbonyl (C=O) groups excluding carboxylic acids is 1. The fourth-order valence-corrected chi connectivity index (χ4v) is 3.25. The van der Waals surface area contributed by atoms with Gasteiger partial charge in [0, 0.05) is 18.1 Å². The summed E-state index contributed by atoms with van der Waals surface area (Å²) in [5.41, 5.74) is -1.41. The summed E-state index contributed by atoms with van der Waals surface area (Å²) in [6, 6.07) is 9.85. The molecule has 1 heterocycles. The number of carboxylic acid groups (broad SMARTS) is 1. The van der Waals surface area contributed by atoms with Gasteiger partial charge in [-0.15, -0.1) is 0 Å². The van der Waals surface area contributed by atoms with Crippen LogP contribution in [0.25, 0.3) is 5.69 Å². The first-order valence-corrected chi connectivity index (χ1v) is 9.51. The minimum atomic E-state index is -4.76. The number of halogens is 5. The number of benzene rings is 2. The van der Waals surface area contributed by atoms with E-state index in [1.165, 1.54) is 44.3 Å². The van der Waals surface area contributed by atoms with E-state index >= 15 is 0 Å². The first-order chi connectivity index (χ1) is 14.9. The van der Waals surface area contributed by atoms with E-state index in [2.05, 4.69) is 5.10 Å². The van der Waals surface area contributed by atoms with Gasteiger partial charge in [0.2, 0.25) is 5.91 Å². The molecule has 0 aliphatic rings. The van der Waals surface area contributed by atoms with E-state index < -0.39 is 41.0 Å². The van der Waals surface area contributed by atoms with Gasteiger partial charge >= 0.3 is 12.1 Å². The van der Waals surface area contributed by atoms with E-state index in [0.29, 0.717) is 0 Å². The Morgan fingerprint density at radius 2 is 1.84 bits per heavy atom. The number of hydrogen-bond donors (Lipinski definition) is 1. The zero-order valence-electron chi connectivity index (χ0n) is 16.7. The van der Waals surface area contributed by atoms with Crippen LogP contribution in [0.3, 0.4) is 0 Å². The van der Waals surface area contributed by atoms with Crippen LogP contribution >= 0.6 is 11.6 Å². The van der Waals surface area contributed by atoms with Gasteiger partial charge in [-0.3, -0.25) is 9.69 Å². The summed E-state index contributed by atoms with van der Waals surface area (Å²) >= 11 is 5.95. The van der Waals surface area contributed by atoms with Crippen LogP contribution in [0.1, 0.15) is 34.5 Å². The summed E-state index contributed by atoms with van der Waals surface area (Å²) in [5.74, 6) is -4.33. The lowest BCUT2D eigenvalue weighted by molar-refractivity contribution is -0.141. The number of aromatic carboxylic acids is 1. The number of amides is 1. The van der Waals surface area contributed by atoms with Gasteiger partial charge in [-0.05, 0) is 42.8 Å². The Morgan fingerprint density at radius 1 is 1.16 bits per heavy atom. The van der Waals surface area contributed by atoms with Crippen LogP contribution in [0.15, 0.2) is 48.5 Å². The predicted octanol–water partition coefficient (Wildman–Crippen LogP) is 5.15. The van der Waals surface area contributed by atoms with Crippen molar-refractivity contribution in [1.82, 2.24) is 9.78 Å². The van der Waals surface area contributed by atoms with Gasteiger partial charge in [-0.2, -0.15) is 18.3 Å². The van der Waals surface area contributed by atoms with Crippen LogP contribution in [-0.4, -0.2) is 33.8 Å². The molecule has 168 valence electrons. The molecule has 0 aliphatic carbocycles. The highest BCUT2D eigenvalue weighted by molar-refractivity contribution is 6.30. The van der Waals surface area contributed by atoms with Crippen molar-refractivity contribution in [2.75, 3.05) is 11.9 Å². The topological polar surface area (TPSA) is 75.4 Å². The normalized spacial score (nSPS) is 12.5. The largest absolute Gasteiger partial charge is 0.478 e. The minimum Gasteiger partial charge on any atom is -0.478 e.